The summed E-state index contributed by atoms with van der Waals surface area (Å²) in [5, 5.41) is 0. The van der Waals surface area contributed by atoms with Crippen molar-refractivity contribution in [1.29, 1.82) is 0 Å². The van der Waals surface area contributed by atoms with Gasteiger partial charge >= 0.3 is 0 Å². The maximum absolute atomic E-state index is 5.62. The van der Waals surface area contributed by atoms with Crippen LogP contribution in [0.1, 0.15) is 22.9 Å². The molecule has 3 N–H and O–H groups in total. The lowest BCUT2D eigenvalue weighted by molar-refractivity contribution is 0.550. The Hall–Kier alpha value is -1.78. The van der Waals surface area contributed by atoms with Crippen LogP contribution in [-0.2, 0) is 6.42 Å². The molecular formula is C13H16N4. The molecule has 0 aliphatic heterocycles. The fraction of sp³-hybridized carbons (Fsp3) is 0.231. The second-order valence-electron chi connectivity index (χ2n) is 4.01. The number of hydrogen-bond acceptors (Lipinski definition) is 4. The Morgan fingerprint density at radius 1 is 1.24 bits per heavy atom. The number of nitrogens with zero attached hydrogens (tertiary/aromatic N) is 2. The highest BCUT2D eigenvalue weighted by Gasteiger charge is 2.10. The highest BCUT2D eigenvalue weighted by molar-refractivity contribution is 5.22. The highest BCUT2D eigenvalue weighted by atomic mass is 15.2. The van der Waals surface area contributed by atoms with Crippen molar-refractivity contribution in [3.05, 3.63) is 59.7 Å². The van der Waals surface area contributed by atoms with Crippen molar-refractivity contribution in [2.45, 2.75) is 19.4 Å². The summed E-state index contributed by atoms with van der Waals surface area (Å²) < 4.78 is 0. The van der Waals surface area contributed by atoms with Crippen molar-refractivity contribution in [3.63, 3.8) is 0 Å². The first-order valence-electron chi connectivity index (χ1n) is 5.57. The molecule has 0 aromatic carbocycles. The smallest absolute Gasteiger partial charge is 0.0501 e. The minimum atomic E-state index is 0.0964. The second kappa shape index (κ2) is 5.52. The van der Waals surface area contributed by atoms with Crippen LogP contribution in [-0.4, -0.2) is 9.97 Å². The molecular weight excluding hydrogens is 212 g/mol. The van der Waals surface area contributed by atoms with Gasteiger partial charge in [-0.05, 0) is 48.7 Å². The number of hydrogen-bond donors (Lipinski definition) is 2. The van der Waals surface area contributed by atoms with E-state index in [2.05, 4.69) is 15.4 Å². The molecule has 1 atom stereocenters. The average molecular weight is 228 g/mol. The Bertz CT molecular complexity index is 470. The monoisotopic (exact) mass is 228 g/mol. The normalized spacial score (nSPS) is 12.4. The summed E-state index contributed by atoms with van der Waals surface area (Å²) in [4.78, 5) is 8.19. The molecule has 2 aromatic heterocycles. The zero-order valence-electron chi connectivity index (χ0n) is 9.80. The summed E-state index contributed by atoms with van der Waals surface area (Å²) >= 11 is 0. The van der Waals surface area contributed by atoms with Crippen LogP contribution < -0.4 is 11.3 Å². The van der Waals surface area contributed by atoms with Crippen molar-refractivity contribution >= 4 is 0 Å². The van der Waals surface area contributed by atoms with Crippen molar-refractivity contribution in [1.82, 2.24) is 15.4 Å². The third-order valence-electron chi connectivity index (χ3n) is 2.71. The van der Waals surface area contributed by atoms with E-state index >= 15 is 0 Å². The fourth-order valence-electron chi connectivity index (χ4n) is 1.81. The first-order chi connectivity index (χ1) is 8.29. The SMILES string of the molecule is Cc1cc(C(Cc2ccncc2)NN)ccn1. The first-order valence-corrected chi connectivity index (χ1v) is 5.57. The van der Waals surface area contributed by atoms with Crippen molar-refractivity contribution < 1.29 is 0 Å². The summed E-state index contributed by atoms with van der Waals surface area (Å²) in [6.45, 7) is 1.98. The van der Waals surface area contributed by atoms with Crippen LogP contribution in [0.25, 0.3) is 0 Å². The lowest BCUT2D eigenvalue weighted by atomic mass is 10.0. The van der Waals surface area contributed by atoms with Crippen LogP contribution in [0, 0.1) is 6.92 Å². The van der Waals surface area contributed by atoms with Crippen molar-refractivity contribution in [3.8, 4) is 0 Å². The first kappa shape index (κ1) is 11.7. The zero-order valence-corrected chi connectivity index (χ0v) is 9.80. The summed E-state index contributed by atoms with van der Waals surface area (Å²) in [6.07, 6.45) is 6.23. The quantitative estimate of drug-likeness (QED) is 0.615. The Labute approximate surface area is 101 Å². The summed E-state index contributed by atoms with van der Waals surface area (Å²) in [7, 11) is 0. The van der Waals surface area contributed by atoms with Gasteiger partial charge in [0, 0.05) is 24.3 Å². The van der Waals surface area contributed by atoms with Crippen LogP contribution in [0.15, 0.2) is 42.9 Å². The number of nitrogens with two attached hydrogens (primary N) is 1. The molecule has 0 radical (unpaired) electrons. The molecule has 1 unspecified atom stereocenters. The second-order valence-corrected chi connectivity index (χ2v) is 4.01. The number of hydrazine groups is 1. The molecule has 2 heterocycles. The Morgan fingerprint density at radius 2 is 2.00 bits per heavy atom. The minimum absolute atomic E-state index is 0.0964. The van der Waals surface area contributed by atoms with Gasteiger partial charge in [-0.1, -0.05) is 0 Å². The minimum Gasteiger partial charge on any atom is -0.271 e. The lowest BCUT2D eigenvalue weighted by Crippen LogP contribution is -2.29. The highest BCUT2D eigenvalue weighted by Crippen LogP contribution is 2.17. The molecule has 0 saturated heterocycles. The maximum Gasteiger partial charge on any atom is 0.0501 e. The van der Waals surface area contributed by atoms with Gasteiger partial charge in [-0.25, -0.2) is 0 Å². The van der Waals surface area contributed by atoms with Gasteiger partial charge < -0.3 is 0 Å². The number of aromatic nitrogens is 2. The summed E-state index contributed by atoms with van der Waals surface area (Å²) in [6, 6.07) is 8.13. The van der Waals surface area contributed by atoms with Gasteiger partial charge in [-0.2, -0.15) is 0 Å². The standard InChI is InChI=1S/C13H16N4/c1-10-8-12(4-7-16-10)13(17-14)9-11-2-5-15-6-3-11/h2-8,13,17H,9,14H2,1H3. The van der Waals surface area contributed by atoms with Crippen LogP contribution >= 0.6 is 0 Å². The van der Waals surface area contributed by atoms with Crippen LogP contribution in [0.4, 0.5) is 0 Å². The lowest BCUT2D eigenvalue weighted by Gasteiger charge is -2.16. The van der Waals surface area contributed by atoms with E-state index in [4.69, 9.17) is 5.84 Å². The predicted molar refractivity (Wildman–Crippen MR) is 67.0 cm³/mol. The van der Waals surface area contributed by atoms with Gasteiger partial charge in [-0.15, -0.1) is 0 Å². The molecule has 0 aliphatic rings. The van der Waals surface area contributed by atoms with Gasteiger partial charge in [0.05, 0.1) is 6.04 Å². The van der Waals surface area contributed by atoms with E-state index in [0.29, 0.717) is 0 Å². The van der Waals surface area contributed by atoms with Gasteiger partial charge in [0.2, 0.25) is 0 Å². The molecule has 4 heteroatoms. The fourth-order valence-corrected chi connectivity index (χ4v) is 1.81. The van der Waals surface area contributed by atoms with Gasteiger partial charge in [0.15, 0.2) is 0 Å². The topological polar surface area (TPSA) is 63.8 Å². The van der Waals surface area contributed by atoms with E-state index in [1.807, 2.05) is 37.4 Å². The Balaban J connectivity index is 2.17. The van der Waals surface area contributed by atoms with Crippen LogP contribution in [0.3, 0.4) is 0 Å². The van der Waals surface area contributed by atoms with E-state index in [0.717, 1.165) is 17.7 Å². The average Bonchev–Trinajstić information content (AvgIpc) is 2.37. The number of pyridine rings is 2. The molecule has 0 bridgehead atoms. The van der Waals surface area contributed by atoms with Gasteiger partial charge in [-0.3, -0.25) is 21.2 Å². The summed E-state index contributed by atoms with van der Waals surface area (Å²) in [5.41, 5.74) is 6.20. The Kier molecular flexibility index (Phi) is 3.80. The van der Waals surface area contributed by atoms with Crippen LogP contribution in [0.5, 0.6) is 0 Å². The molecule has 2 aromatic rings. The van der Waals surface area contributed by atoms with E-state index in [-0.39, 0.29) is 6.04 Å². The Morgan fingerprint density at radius 3 is 2.65 bits per heavy atom. The molecule has 0 aliphatic carbocycles. The van der Waals surface area contributed by atoms with Gasteiger partial charge in [0.25, 0.3) is 0 Å². The molecule has 0 amide bonds. The predicted octanol–water partition coefficient (Wildman–Crippen LogP) is 1.53. The third kappa shape index (κ3) is 3.09. The van der Waals surface area contributed by atoms with E-state index in [1.165, 1.54) is 5.56 Å². The van der Waals surface area contributed by atoms with Gasteiger partial charge in [0.1, 0.15) is 0 Å². The molecule has 0 spiro atoms. The molecule has 4 nitrogen and oxygen atoms in total. The molecule has 2 rings (SSSR count). The summed E-state index contributed by atoms with van der Waals surface area (Å²) in [5.74, 6) is 5.62. The van der Waals surface area contributed by atoms with Crippen molar-refractivity contribution in [2.24, 2.45) is 5.84 Å². The molecule has 0 fully saturated rings. The molecule has 88 valence electrons. The number of nitrogens with one attached hydrogen (secondary N) is 1. The number of aryl methyl sites for hydroxylation is 1. The number of rotatable bonds is 4. The van der Waals surface area contributed by atoms with Crippen molar-refractivity contribution in [2.75, 3.05) is 0 Å². The maximum atomic E-state index is 5.62. The van der Waals surface area contributed by atoms with E-state index in [1.54, 1.807) is 12.4 Å². The van der Waals surface area contributed by atoms with E-state index < -0.39 is 0 Å². The largest absolute Gasteiger partial charge is 0.271 e. The van der Waals surface area contributed by atoms with E-state index in [9.17, 15) is 0 Å². The van der Waals surface area contributed by atoms with Crippen LogP contribution in [0.2, 0.25) is 0 Å². The third-order valence-corrected chi connectivity index (χ3v) is 2.71. The molecule has 17 heavy (non-hydrogen) atoms. The zero-order chi connectivity index (χ0) is 12.1. The molecule has 0 saturated carbocycles.